The molecule has 2 heterocycles. The maximum absolute atomic E-state index is 13.6. The van der Waals surface area contributed by atoms with Crippen LogP contribution in [0.3, 0.4) is 0 Å². The second-order valence-corrected chi connectivity index (χ2v) is 10.5. The van der Waals surface area contributed by atoms with E-state index in [1.165, 1.54) is 12.8 Å². The smallest absolute Gasteiger partial charge is 0.257 e. The Kier molecular flexibility index (Phi) is 12.0. The van der Waals surface area contributed by atoms with Crippen LogP contribution in [0.5, 0.6) is 11.5 Å². The van der Waals surface area contributed by atoms with E-state index in [2.05, 4.69) is 14.8 Å². The van der Waals surface area contributed by atoms with Crippen LogP contribution in [0.4, 0.5) is 0 Å². The predicted molar refractivity (Wildman–Crippen MR) is 161 cm³/mol. The third-order valence-electron chi connectivity index (χ3n) is 7.53. The molecule has 41 heavy (non-hydrogen) atoms. The van der Waals surface area contributed by atoms with Crippen LogP contribution in [-0.4, -0.2) is 80.8 Å². The Labute approximate surface area is 242 Å². The zero-order valence-electron chi connectivity index (χ0n) is 24.2. The zero-order valence-corrected chi connectivity index (χ0v) is 24.2. The first-order valence-electron chi connectivity index (χ1n) is 14.8. The van der Waals surface area contributed by atoms with Gasteiger partial charge in [0.05, 0.1) is 20.3 Å². The number of nitrogens with zero attached hydrogens (tertiary/aromatic N) is 2. The van der Waals surface area contributed by atoms with Crippen LogP contribution in [0.15, 0.2) is 48.7 Å². The number of morpholine rings is 1. The van der Waals surface area contributed by atoms with Crippen molar-refractivity contribution in [3.63, 3.8) is 0 Å². The summed E-state index contributed by atoms with van der Waals surface area (Å²) in [5.74, 6) is 1.04. The van der Waals surface area contributed by atoms with E-state index in [4.69, 9.17) is 19.9 Å². The van der Waals surface area contributed by atoms with Crippen LogP contribution in [0.2, 0.25) is 0 Å². The molecule has 1 amide bonds. The molecule has 0 saturated carbocycles. The van der Waals surface area contributed by atoms with Crippen molar-refractivity contribution in [3.8, 4) is 11.5 Å². The number of hydrogen-bond donors (Lipinski definition) is 2. The van der Waals surface area contributed by atoms with Gasteiger partial charge in [-0.05, 0) is 61.9 Å². The minimum absolute atomic E-state index is 0.0680. The maximum Gasteiger partial charge on any atom is 0.257 e. The fourth-order valence-corrected chi connectivity index (χ4v) is 5.11. The Bertz CT molecular complexity index is 1250. The first kappa shape index (κ1) is 30.6. The minimum atomic E-state index is -0.147. The summed E-state index contributed by atoms with van der Waals surface area (Å²) in [6.45, 7) is 6.26. The summed E-state index contributed by atoms with van der Waals surface area (Å²) >= 11 is 0. The van der Waals surface area contributed by atoms with Gasteiger partial charge in [0.15, 0.2) is 12.4 Å². The third-order valence-corrected chi connectivity index (χ3v) is 7.53. The average molecular weight is 565 g/mol. The number of rotatable bonds is 17. The quantitative estimate of drug-likeness (QED) is 0.188. The largest absolute Gasteiger partial charge is 0.497 e. The number of unbranched alkanes of at least 4 members (excludes halogenated alkanes) is 5. The van der Waals surface area contributed by atoms with Gasteiger partial charge in [0, 0.05) is 61.0 Å². The van der Waals surface area contributed by atoms with Crippen molar-refractivity contribution in [1.82, 2.24) is 14.8 Å². The van der Waals surface area contributed by atoms with E-state index in [0.29, 0.717) is 29.2 Å². The number of aromatic nitrogens is 1. The summed E-state index contributed by atoms with van der Waals surface area (Å²) in [4.78, 5) is 28.4. The molecule has 4 rings (SSSR count). The minimum Gasteiger partial charge on any atom is -0.497 e. The Morgan fingerprint density at radius 2 is 1.63 bits per heavy atom. The monoisotopic (exact) mass is 564 g/mol. The molecule has 9 heteroatoms. The number of carbonyl (C=O) groups excluding carboxylic acids is 2. The van der Waals surface area contributed by atoms with Crippen LogP contribution in [0.1, 0.15) is 54.4 Å². The van der Waals surface area contributed by atoms with Crippen molar-refractivity contribution in [1.29, 1.82) is 0 Å². The molecule has 1 fully saturated rings. The van der Waals surface area contributed by atoms with Crippen LogP contribution < -0.4 is 20.5 Å². The highest BCUT2D eigenvalue weighted by Gasteiger charge is 2.19. The van der Waals surface area contributed by atoms with E-state index in [-0.39, 0.29) is 18.3 Å². The van der Waals surface area contributed by atoms with E-state index < -0.39 is 0 Å². The van der Waals surface area contributed by atoms with Gasteiger partial charge in [-0.2, -0.15) is 0 Å². The molecule has 0 unspecified atom stereocenters. The highest BCUT2D eigenvalue weighted by Crippen LogP contribution is 2.29. The molecule has 2 aromatic carbocycles. The summed E-state index contributed by atoms with van der Waals surface area (Å²) in [6, 6.07) is 12.8. The number of nitrogens with two attached hydrogens (primary N) is 1. The van der Waals surface area contributed by atoms with Crippen LogP contribution >= 0.6 is 0 Å². The SMILES string of the molecule is COc1ccc(C(=O)c2cn(CCN3CCOCC3)c3ccc(OCC(=O)NCCCCCCCCN)cc23)cc1. The molecule has 222 valence electrons. The molecule has 0 atom stereocenters. The average Bonchev–Trinajstić information content (AvgIpc) is 3.38. The van der Waals surface area contributed by atoms with Gasteiger partial charge < -0.3 is 29.8 Å². The highest BCUT2D eigenvalue weighted by molar-refractivity contribution is 6.16. The van der Waals surface area contributed by atoms with Crippen molar-refractivity contribution in [2.45, 2.75) is 45.1 Å². The first-order chi connectivity index (χ1) is 20.1. The first-order valence-corrected chi connectivity index (χ1v) is 14.8. The molecule has 0 spiro atoms. The van der Waals surface area contributed by atoms with Gasteiger partial charge in [0.1, 0.15) is 11.5 Å². The molecule has 0 bridgehead atoms. The van der Waals surface area contributed by atoms with Gasteiger partial charge in [-0.25, -0.2) is 0 Å². The zero-order chi connectivity index (χ0) is 28.9. The van der Waals surface area contributed by atoms with Crippen molar-refractivity contribution < 1.29 is 23.8 Å². The molecule has 1 aliphatic rings. The lowest BCUT2D eigenvalue weighted by molar-refractivity contribution is -0.123. The topological polar surface area (TPSA) is 108 Å². The fraction of sp³-hybridized carbons (Fsp3) is 0.500. The summed E-state index contributed by atoms with van der Waals surface area (Å²) in [7, 11) is 1.60. The van der Waals surface area contributed by atoms with E-state index in [9.17, 15) is 9.59 Å². The van der Waals surface area contributed by atoms with Crippen molar-refractivity contribution in [2.24, 2.45) is 5.73 Å². The van der Waals surface area contributed by atoms with E-state index >= 15 is 0 Å². The summed E-state index contributed by atoms with van der Waals surface area (Å²) < 4.78 is 18.7. The molecule has 1 aliphatic heterocycles. The number of amides is 1. The summed E-state index contributed by atoms with van der Waals surface area (Å²) in [6.07, 6.45) is 8.59. The normalized spacial score (nSPS) is 13.8. The van der Waals surface area contributed by atoms with Gasteiger partial charge >= 0.3 is 0 Å². The van der Waals surface area contributed by atoms with E-state index in [1.54, 1.807) is 31.4 Å². The molecule has 0 radical (unpaired) electrons. The van der Waals surface area contributed by atoms with Gasteiger partial charge in [0.25, 0.3) is 5.91 Å². The lowest BCUT2D eigenvalue weighted by atomic mass is 10.0. The number of ether oxygens (including phenoxy) is 3. The second kappa shape index (κ2) is 16.1. The number of hydrogen-bond acceptors (Lipinski definition) is 7. The number of ketones is 1. The standard InChI is InChI=1S/C32H44N4O5/c1-39-26-10-8-25(9-11-26)32(38)29-23-36(17-16-35-18-20-40-21-19-35)30-13-12-27(22-28(29)30)41-24-31(37)34-15-7-5-3-2-4-6-14-33/h8-13,22-23H,2-7,14-21,24,33H2,1H3,(H,34,37). The Morgan fingerprint density at radius 1 is 0.927 bits per heavy atom. The molecular weight excluding hydrogens is 520 g/mol. The molecule has 3 N–H and O–H groups in total. The summed E-state index contributed by atoms with van der Waals surface area (Å²) in [5.41, 5.74) is 7.68. The van der Waals surface area contributed by atoms with Gasteiger partial charge in [-0.1, -0.05) is 25.7 Å². The molecular formula is C32H44N4O5. The van der Waals surface area contributed by atoms with Crippen LogP contribution in [-0.2, 0) is 16.1 Å². The predicted octanol–water partition coefficient (Wildman–Crippen LogP) is 4.01. The highest BCUT2D eigenvalue weighted by atomic mass is 16.5. The van der Waals surface area contributed by atoms with Crippen LogP contribution in [0, 0.1) is 0 Å². The number of carbonyl (C=O) groups is 2. The lowest BCUT2D eigenvalue weighted by Crippen LogP contribution is -2.38. The van der Waals surface area contributed by atoms with Gasteiger partial charge in [-0.15, -0.1) is 0 Å². The van der Waals surface area contributed by atoms with Crippen molar-refractivity contribution >= 4 is 22.6 Å². The molecule has 1 saturated heterocycles. The van der Waals surface area contributed by atoms with Gasteiger partial charge in [-0.3, -0.25) is 14.5 Å². The van der Waals surface area contributed by atoms with E-state index in [0.717, 1.165) is 82.5 Å². The number of benzene rings is 2. The number of fused-ring (bicyclic) bond motifs is 1. The maximum atomic E-state index is 13.6. The Hall–Kier alpha value is -3.40. The molecule has 3 aromatic rings. The molecule has 1 aromatic heterocycles. The fourth-order valence-electron chi connectivity index (χ4n) is 5.11. The molecule has 0 aliphatic carbocycles. The van der Waals surface area contributed by atoms with E-state index in [1.807, 2.05) is 24.4 Å². The number of methoxy groups -OCH3 is 1. The second-order valence-electron chi connectivity index (χ2n) is 10.5. The van der Waals surface area contributed by atoms with Gasteiger partial charge in [0.2, 0.25) is 0 Å². The third kappa shape index (κ3) is 9.05. The molecule has 9 nitrogen and oxygen atoms in total. The number of nitrogens with one attached hydrogen (secondary N) is 1. The Morgan fingerprint density at radius 3 is 2.37 bits per heavy atom. The van der Waals surface area contributed by atoms with Crippen LogP contribution in [0.25, 0.3) is 10.9 Å². The van der Waals surface area contributed by atoms with Crippen molar-refractivity contribution in [2.75, 3.05) is 59.7 Å². The lowest BCUT2D eigenvalue weighted by Gasteiger charge is -2.26. The van der Waals surface area contributed by atoms with Crippen molar-refractivity contribution in [3.05, 3.63) is 59.8 Å². The Balaban J connectivity index is 1.41. The summed E-state index contributed by atoms with van der Waals surface area (Å²) in [5, 5.41) is 3.74.